The number of anilines is 2. The van der Waals surface area contributed by atoms with Gasteiger partial charge in [-0.2, -0.15) is 18.3 Å². The van der Waals surface area contributed by atoms with Gasteiger partial charge in [-0.25, -0.2) is 9.37 Å². The minimum Gasteiger partial charge on any atom is -0.382 e. The van der Waals surface area contributed by atoms with Crippen LogP contribution in [0.2, 0.25) is 0 Å². The molecule has 3 aromatic rings. The molecule has 0 amide bonds. The maximum absolute atomic E-state index is 15.0. The van der Waals surface area contributed by atoms with Gasteiger partial charge in [0.25, 0.3) is 0 Å². The molecule has 0 bridgehead atoms. The van der Waals surface area contributed by atoms with Gasteiger partial charge in [-0.3, -0.25) is 4.90 Å². The Morgan fingerprint density at radius 1 is 1.18 bits per heavy atom. The van der Waals surface area contributed by atoms with Crippen LogP contribution in [-0.2, 0) is 6.18 Å². The Bertz CT molecular complexity index is 1240. The lowest BCUT2D eigenvalue weighted by atomic mass is 9.91. The smallest absolute Gasteiger partial charge is 0.382 e. The molecule has 2 aliphatic rings. The topological polar surface area (TPSA) is 71.2 Å². The molecule has 2 N–H and O–H groups in total. The molecular formula is C23H24F4N6. The Morgan fingerprint density at radius 2 is 1.94 bits per heavy atom. The molecule has 2 saturated heterocycles. The number of rotatable bonds is 3. The summed E-state index contributed by atoms with van der Waals surface area (Å²) in [6.07, 6.45) is -3.79. The van der Waals surface area contributed by atoms with Crippen LogP contribution in [0, 0.1) is 12.7 Å². The highest BCUT2D eigenvalue weighted by molar-refractivity contribution is 5.96. The summed E-state index contributed by atoms with van der Waals surface area (Å²) >= 11 is 0. The number of fused-ring (bicyclic) bond motifs is 2. The van der Waals surface area contributed by atoms with Crippen LogP contribution in [0.5, 0.6) is 0 Å². The summed E-state index contributed by atoms with van der Waals surface area (Å²) in [6.45, 7) is 5.10. The van der Waals surface area contributed by atoms with Crippen molar-refractivity contribution in [3.63, 3.8) is 0 Å². The Hall–Kier alpha value is -3.01. The molecule has 1 aromatic carbocycles. The van der Waals surface area contributed by atoms with E-state index in [1.165, 1.54) is 12.1 Å². The number of alkyl halides is 3. The second-order valence-electron chi connectivity index (χ2n) is 8.94. The minimum atomic E-state index is -4.79. The number of benzene rings is 1. The van der Waals surface area contributed by atoms with Crippen LogP contribution in [-0.4, -0.2) is 52.3 Å². The number of hydrogen-bond donors (Lipinski definition) is 1. The van der Waals surface area contributed by atoms with E-state index < -0.39 is 23.5 Å². The van der Waals surface area contributed by atoms with Crippen LogP contribution < -0.4 is 10.6 Å². The molecule has 4 heterocycles. The van der Waals surface area contributed by atoms with E-state index in [0.717, 1.165) is 25.6 Å². The van der Waals surface area contributed by atoms with Gasteiger partial charge >= 0.3 is 6.18 Å². The van der Waals surface area contributed by atoms with E-state index in [9.17, 15) is 13.2 Å². The third kappa shape index (κ3) is 3.38. The molecular weight excluding hydrogens is 436 g/mol. The van der Waals surface area contributed by atoms with Crippen LogP contribution in [0.25, 0.3) is 10.8 Å². The van der Waals surface area contributed by atoms with Crippen molar-refractivity contribution >= 4 is 22.4 Å². The second-order valence-corrected chi connectivity index (χ2v) is 8.94. The molecule has 6 nitrogen and oxygen atoms in total. The number of pyridine rings is 1. The van der Waals surface area contributed by atoms with E-state index in [-0.39, 0.29) is 11.4 Å². The van der Waals surface area contributed by atoms with E-state index in [1.54, 1.807) is 13.8 Å². The lowest BCUT2D eigenvalue weighted by molar-refractivity contribution is -0.140. The summed E-state index contributed by atoms with van der Waals surface area (Å²) in [5.74, 6) is -1.16. The van der Waals surface area contributed by atoms with Crippen molar-refractivity contribution in [2.45, 2.75) is 44.4 Å². The van der Waals surface area contributed by atoms with E-state index >= 15 is 4.39 Å². The molecule has 2 fully saturated rings. The quantitative estimate of drug-likeness (QED) is 0.593. The summed E-state index contributed by atoms with van der Waals surface area (Å²) in [7, 11) is 2.08. The van der Waals surface area contributed by atoms with Gasteiger partial charge < -0.3 is 10.6 Å². The molecule has 0 spiro atoms. The van der Waals surface area contributed by atoms with Crippen molar-refractivity contribution in [3.05, 3.63) is 52.6 Å². The molecule has 2 unspecified atom stereocenters. The van der Waals surface area contributed by atoms with Gasteiger partial charge in [-0.1, -0.05) is 19.1 Å². The number of aryl methyl sites for hydroxylation is 1. The van der Waals surface area contributed by atoms with Gasteiger partial charge in [0.15, 0.2) is 5.82 Å². The molecule has 3 atom stereocenters. The van der Waals surface area contributed by atoms with Gasteiger partial charge in [-0.15, -0.1) is 5.10 Å². The molecule has 5 rings (SSSR count). The number of aromatic nitrogens is 3. The number of nitrogen functional groups attached to an aromatic ring is 1. The number of hydrogen-bond acceptors (Lipinski definition) is 6. The molecule has 10 heteroatoms. The third-order valence-electron chi connectivity index (χ3n) is 7.04. The van der Waals surface area contributed by atoms with Gasteiger partial charge in [0.05, 0.1) is 23.0 Å². The SMILES string of the molecule is Cc1nnc(N)c2cc(N3CCC4C3CN4C)nc([C@H](C)c3cccc(C(F)(F)F)c3F)c12. The first-order valence-corrected chi connectivity index (χ1v) is 10.8. The van der Waals surface area contributed by atoms with Crippen molar-refractivity contribution in [2.75, 3.05) is 30.8 Å². The zero-order valence-corrected chi connectivity index (χ0v) is 18.5. The van der Waals surface area contributed by atoms with Crippen LogP contribution in [0.4, 0.5) is 29.2 Å². The monoisotopic (exact) mass is 460 g/mol. The molecule has 0 saturated carbocycles. The number of likely N-dealkylation sites (tertiary alicyclic amines) is 1. The molecule has 0 radical (unpaired) electrons. The van der Waals surface area contributed by atoms with Crippen molar-refractivity contribution in [1.29, 1.82) is 0 Å². The zero-order valence-electron chi connectivity index (χ0n) is 18.5. The fourth-order valence-corrected chi connectivity index (χ4v) is 5.23. The number of likely N-dealkylation sites (N-methyl/N-ethyl adjacent to an activating group) is 1. The largest absolute Gasteiger partial charge is 0.419 e. The highest BCUT2D eigenvalue weighted by Crippen LogP contribution is 2.41. The average Bonchev–Trinajstić information content (AvgIpc) is 3.11. The maximum Gasteiger partial charge on any atom is 0.419 e. The first-order chi connectivity index (χ1) is 15.6. The Balaban J connectivity index is 1.69. The highest BCUT2D eigenvalue weighted by atomic mass is 19.4. The summed E-state index contributed by atoms with van der Waals surface area (Å²) in [6, 6.07) is 5.96. The predicted octanol–water partition coefficient (Wildman–Crippen LogP) is 4.12. The predicted molar refractivity (Wildman–Crippen MR) is 118 cm³/mol. The van der Waals surface area contributed by atoms with Gasteiger partial charge in [0, 0.05) is 35.8 Å². The molecule has 33 heavy (non-hydrogen) atoms. The standard InChI is InChI=1S/C23H24F4N6/c1-11(13-5-4-6-15(20(13)24)23(25,26)27)21-19-12(2)30-31-22(28)14(19)9-18(29-21)33-8-7-16-17(33)10-32(16)3/h4-6,9,11,16-17H,7-8,10H2,1-3H3,(H2,28,31)/t11-,16?,17?/m1/s1. The first kappa shape index (κ1) is 21.8. The number of halogens is 4. The average molecular weight is 460 g/mol. The van der Waals surface area contributed by atoms with Crippen molar-refractivity contribution < 1.29 is 17.6 Å². The summed E-state index contributed by atoms with van der Waals surface area (Å²) in [5, 5.41) is 9.33. The Labute approximate surface area is 188 Å². The molecule has 2 aliphatic heterocycles. The summed E-state index contributed by atoms with van der Waals surface area (Å²) in [4.78, 5) is 9.37. The Morgan fingerprint density at radius 3 is 2.61 bits per heavy atom. The fraction of sp³-hybridized carbons (Fsp3) is 0.435. The molecule has 2 aromatic heterocycles. The van der Waals surface area contributed by atoms with Crippen molar-refractivity contribution in [1.82, 2.24) is 20.1 Å². The Kier molecular flexibility index (Phi) is 4.97. The van der Waals surface area contributed by atoms with Gasteiger partial charge in [0.1, 0.15) is 11.6 Å². The summed E-state index contributed by atoms with van der Waals surface area (Å²) in [5.41, 5.74) is 5.77. The summed E-state index contributed by atoms with van der Waals surface area (Å²) < 4.78 is 55.1. The maximum atomic E-state index is 15.0. The number of nitrogens with two attached hydrogens (primary N) is 1. The van der Waals surface area contributed by atoms with Crippen LogP contribution in [0.15, 0.2) is 24.3 Å². The van der Waals surface area contributed by atoms with Gasteiger partial charge in [-0.05, 0) is 38.1 Å². The van der Waals surface area contributed by atoms with E-state index in [2.05, 4.69) is 27.0 Å². The van der Waals surface area contributed by atoms with E-state index in [4.69, 9.17) is 10.7 Å². The highest BCUT2D eigenvalue weighted by Gasteiger charge is 2.45. The number of nitrogens with zero attached hydrogens (tertiary/aromatic N) is 5. The van der Waals surface area contributed by atoms with Crippen LogP contribution >= 0.6 is 0 Å². The van der Waals surface area contributed by atoms with Crippen molar-refractivity contribution in [3.8, 4) is 0 Å². The van der Waals surface area contributed by atoms with Crippen LogP contribution in [0.3, 0.4) is 0 Å². The zero-order chi connectivity index (χ0) is 23.7. The molecule has 0 aliphatic carbocycles. The van der Waals surface area contributed by atoms with E-state index in [1.807, 2.05) is 6.07 Å². The van der Waals surface area contributed by atoms with Crippen LogP contribution in [0.1, 0.15) is 41.8 Å². The second kappa shape index (κ2) is 7.51. The molecule has 174 valence electrons. The first-order valence-electron chi connectivity index (χ1n) is 10.8. The third-order valence-corrected chi connectivity index (χ3v) is 7.04. The van der Waals surface area contributed by atoms with Gasteiger partial charge in [0.2, 0.25) is 0 Å². The normalized spacial score (nSPS) is 21.8. The minimum absolute atomic E-state index is 0.0757. The lowest BCUT2D eigenvalue weighted by Gasteiger charge is -2.45. The van der Waals surface area contributed by atoms with E-state index in [0.29, 0.717) is 40.1 Å². The lowest BCUT2D eigenvalue weighted by Crippen LogP contribution is -2.60. The fourth-order valence-electron chi connectivity index (χ4n) is 5.23. The van der Waals surface area contributed by atoms with Crippen molar-refractivity contribution in [2.24, 2.45) is 0 Å².